The van der Waals surface area contributed by atoms with Crippen LogP contribution >= 0.6 is 30.8 Å². The lowest BCUT2D eigenvalue weighted by molar-refractivity contribution is -0.384. The van der Waals surface area contributed by atoms with E-state index >= 15 is 0 Å². The minimum Gasteiger partial charge on any atom is -0.307 e. The summed E-state index contributed by atoms with van der Waals surface area (Å²) in [6, 6.07) is 5.73. The van der Waals surface area contributed by atoms with E-state index in [0.29, 0.717) is 11.3 Å². The van der Waals surface area contributed by atoms with Crippen molar-refractivity contribution in [3.63, 3.8) is 0 Å². The van der Waals surface area contributed by atoms with Gasteiger partial charge in [-0.2, -0.15) is 0 Å². The fourth-order valence-corrected chi connectivity index (χ4v) is 6.06. The van der Waals surface area contributed by atoms with E-state index in [9.17, 15) is 14.7 Å². The highest BCUT2D eigenvalue weighted by Crippen LogP contribution is 2.68. The first-order valence-corrected chi connectivity index (χ1v) is 10.2. The number of hydrogen-bond donors (Lipinski definition) is 0. The number of halogens is 2. The molecule has 1 heterocycles. The molecule has 0 radical (unpaired) electrons. The topological polar surface area (TPSA) is 91.0 Å². The van der Waals surface area contributed by atoms with Crippen LogP contribution in [0.2, 0.25) is 0 Å². The second-order valence-corrected chi connectivity index (χ2v) is 8.74. The third-order valence-corrected chi connectivity index (χ3v) is 7.93. The van der Waals surface area contributed by atoms with Gasteiger partial charge >= 0.3 is 7.60 Å². The number of benzene rings is 1. The molecule has 1 aliphatic rings. The van der Waals surface area contributed by atoms with Crippen molar-refractivity contribution in [1.82, 2.24) is 0 Å². The number of rotatable bonds is 8. The van der Waals surface area contributed by atoms with Crippen molar-refractivity contribution < 1.29 is 18.5 Å². The summed E-state index contributed by atoms with van der Waals surface area (Å²) in [6.07, 6.45) is 0. The van der Waals surface area contributed by atoms with Crippen LogP contribution in [0.4, 0.5) is 5.69 Å². The first kappa shape index (κ1) is 20.3. The molecule has 10 heteroatoms. The van der Waals surface area contributed by atoms with Gasteiger partial charge in [0.15, 0.2) is 4.62 Å². The van der Waals surface area contributed by atoms with Crippen molar-refractivity contribution in [3.8, 4) is 0 Å². The Morgan fingerprint density at radius 2 is 1.88 bits per heavy atom. The van der Waals surface area contributed by atoms with E-state index in [2.05, 4.69) is 4.99 Å². The van der Waals surface area contributed by atoms with Gasteiger partial charge in [-0.1, -0.05) is 11.6 Å². The average Bonchev–Trinajstić information content (AvgIpc) is 2.93. The van der Waals surface area contributed by atoms with E-state index in [4.69, 9.17) is 32.2 Å². The Morgan fingerprint density at radius 3 is 2.32 bits per heavy atom. The Hall–Kier alpha value is -0.980. The van der Waals surface area contributed by atoms with E-state index in [-0.39, 0.29) is 31.3 Å². The molecule has 0 bridgehead atoms. The molecule has 0 spiro atoms. The summed E-state index contributed by atoms with van der Waals surface area (Å²) in [5.41, 5.74) is 0.780. The van der Waals surface area contributed by atoms with Crippen molar-refractivity contribution in [1.29, 1.82) is 0 Å². The summed E-state index contributed by atoms with van der Waals surface area (Å²) >= 11 is 12.9. The summed E-state index contributed by atoms with van der Waals surface area (Å²) in [5, 5.41) is 10.8. The lowest BCUT2D eigenvalue weighted by atomic mass is 10.0. The zero-order valence-corrected chi connectivity index (χ0v) is 16.3. The van der Waals surface area contributed by atoms with Crippen LogP contribution in [0.15, 0.2) is 29.3 Å². The van der Waals surface area contributed by atoms with E-state index in [1.165, 1.54) is 24.3 Å². The SMILES string of the molecule is CCOP(=O)(OCC)[C@]1(Cl)C(c2ccc([N+](=O)[O-])cc2)=NC[C@H]1CCl. The molecule has 0 N–H and O–H groups in total. The fourth-order valence-electron chi connectivity index (χ4n) is 2.73. The molecule has 1 aromatic carbocycles. The summed E-state index contributed by atoms with van der Waals surface area (Å²) in [7, 11) is -3.79. The maximum absolute atomic E-state index is 13.4. The third-order valence-electron chi connectivity index (χ3n) is 3.88. The van der Waals surface area contributed by atoms with Gasteiger partial charge < -0.3 is 9.05 Å². The van der Waals surface area contributed by atoms with Crippen molar-refractivity contribution in [2.75, 3.05) is 25.6 Å². The Bertz CT molecular complexity index is 702. The van der Waals surface area contributed by atoms with E-state index < -0.39 is 23.1 Å². The summed E-state index contributed by atoms with van der Waals surface area (Å²) in [6.45, 7) is 3.95. The Balaban J connectivity index is 2.52. The van der Waals surface area contributed by atoms with Crippen LogP contribution in [0.3, 0.4) is 0 Å². The second-order valence-electron chi connectivity index (χ2n) is 5.35. The smallest absolute Gasteiger partial charge is 0.307 e. The van der Waals surface area contributed by atoms with Crippen molar-refractivity contribution in [3.05, 3.63) is 39.9 Å². The predicted octanol–water partition coefficient (Wildman–Crippen LogP) is 4.45. The molecule has 0 aromatic heterocycles. The molecular weight excluding hydrogens is 390 g/mol. The largest absolute Gasteiger partial charge is 0.357 e. The van der Waals surface area contributed by atoms with E-state index in [1.807, 2.05) is 0 Å². The minimum absolute atomic E-state index is 0.0609. The van der Waals surface area contributed by atoms with E-state index in [1.54, 1.807) is 13.8 Å². The molecule has 0 fully saturated rings. The fraction of sp³-hybridized carbons (Fsp3) is 0.533. The number of nitro benzene ring substituents is 1. The minimum atomic E-state index is -3.79. The van der Waals surface area contributed by atoms with Crippen LogP contribution in [0.1, 0.15) is 19.4 Å². The molecule has 25 heavy (non-hydrogen) atoms. The molecule has 0 amide bonds. The Labute approximate surface area is 156 Å². The summed E-state index contributed by atoms with van der Waals surface area (Å²) in [4.78, 5) is 14.8. The molecule has 138 valence electrons. The molecule has 1 aromatic rings. The van der Waals surface area contributed by atoms with E-state index in [0.717, 1.165) is 0 Å². The number of non-ortho nitro benzene ring substituents is 1. The first-order chi connectivity index (χ1) is 11.8. The van der Waals surface area contributed by atoms with Gasteiger partial charge in [-0.25, -0.2) is 0 Å². The number of hydrogen-bond acceptors (Lipinski definition) is 6. The first-order valence-electron chi connectivity index (χ1n) is 7.77. The maximum Gasteiger partial charge on any atom is 0.357 e. The Kier molecular flexibility index (Phi) is 6.62. The highest BCUT2D eigenvalue weighted by Gasteiger charge is 2.61. The molecule has 1 aliphatic heterocycles. The van der Waals surface area contributed by atoms with Gasteiger partial charge in [0, 0.05) is 30.5 Å². The highest BCUT2D eigenvalue weighted by atomic mass is 35.5. The van der Waals surface area contributed by atoms with Crippen LogP contribution in [0, 0.1) is 16.0 Å². The maximum atomic E-state index is 13.4. The van der Waals surface area contributed by atoms with Gasteiger partial charge in [0.25, 0.3) is 5.69 Å². The number of aliphatic imine (C=N–C) groups is 1. The van der Waals surface area contributed by atoms with Gasteiger partial charge in [0.1, 0.15) is 0 Å². The molecule has 0 saturated heterocycles. The van der Waals surface area contributed by atoms with Gasteiger partial charge in [-0.15, -0.1) is 11.6 Å². The lowest BCUT2D eigenvalue weighted by Gasteiger charge is -2.35. The van der Waals surface area contributed by atoms with Gasteiger partial charge in [-0.05, 0) is 31.5 Å². The van der Waals surface area contributed by atoms with Crippen molar-refractivity contribution >= 4 is 42.2 Å². The van der Waals surface area contributed by atoms with Crippen molar-refractivity contribution in [2.45, 2.75) is 18.5 Å². The van der Waals surface area contributed by atoms with Crippen molar-refractivity contribution in [2.24, 2.45) is 10.9 Å². The van der Waals surface area contributed by atoms with Gasteiger partial charge in [0.2, 0.25) is 0 Å². The third kappa shape index (κ3) is 3.62. The monoisotopic (exact) mass is 408 g/mol. The van der Waals surface area contributed by atoms with Crippen LogP contribution in [0.25, 0.3) is 0 Å². The normalized spacial score (nSPS) is 23.5. The number of alkyl halides is 2. The predicted molar refractivity (Wildman–Crippen MR) is 98.2 cm³/mol. The van der Waals surface area contributed by atoms with Gasteiger partial charge in [0.05, 0.1) is 23.8 Å². The van der Waals surface area contributed by atoms with Gasteiger partial charge in [-0.3, -0.25) is 19.7 Å². The van der Waals surface area contributed by atoms with Crippen LogP contribution in [-0.4, -0.2) is 40.9 Å². The quantitative estimate of drug-likeness (QED) is 0.274. The average molecular weight is 409 g/mol. The highest BCUT2D eigenvalue weighted by molar-refractivity contribution is 7.59. The number of nitrogens with zero attached hydrogens (tertiary/aromatic N) is 2. The molecule has 2 atom stereocenters. The molecule has 0 aliphatic carbocycles. The Morgan fingerprint density at radius 1 is 1.32 bits per heavy atom. The molecule has 2 rings (SSSR count). The zero-order chi connectivity index (χ0) is 18.7. The van der Waals surface area contributed by atoms with Crippen LogP contribution < -0.4 is 0 Å². The molecule has 0 unspecified atom stereocenters. The zero-order valence-electron chi connectivity index (χ0n) is 13.9. The van der Waals surface area contributed by atoms with Crippen LogP contribution in [0.5, 0.6) is 0 Å². The molecule has 7 nitrogen and oxygen atoms in total. The molecular formula is C15H19Cl2N2O5P. The summed E-state index contributed by atoms with van der Waals surface area (Å²) < 4.78 is 22.8. The van der Waals surface area contributed by atoms with Crippen LogP contribution in [-0.2, 0) is 13.6 Å². The molecule has 0 saturated carbocycles. The summed E-state index contributed by atoms with van der Waals surface area (Å²) in [5.74, 6) is -0.335. The standard InChI is InChI=1S/C15H19Cl2N2O5P/c1-3-23-25(22,24-4-2)15(17)12(9-16)10-18-14(15)11-5-7-13(8-6-11)19(20)21/h5-8,12H,3-4,9-10H2,1-2H3/t12-,15+/m1/s1. The number of nitro groups is 1. The second kappa shape index (κ2) is 8.14. The lowest BCUT2D eigenvalue weighted by Crippen LogP contribution is -2.40.